The molecule has 1 aliphatic rings. The molecule has 3 aromatic rings. The largest absolute Gasteiger partial charge is 0.338 e. The molecule has 0 unspecified atom stereocenters. The quantitative estimate of drug-likeness (QED) is 0.786. The zero-order valence-electron chi connectivity index (χ0n) is 13.6. The number of nitrogens with one attached hydrogen (secondary N) is 1. The summed E-state index contributed by atoms with van der Waals surface area (Å²) >= 11 is 0. The van der Waals surface area contributed by atoms with Gasteiger partial charge in [-0.05, 0) is 19.9 Å². The summed E-state index contributed by atoms with van der Waals surface area (Å²) in [6.45, 7) is 3.70. The fraction of sp³-hybridized carbons (Fsp3) is 0.111. The first kappa shape index (κ1) is 15.1. The molecule has 25 heavy (non-hydrogen) atoms. The molecule has 4 rings (SSSR count). The summed E-state index contributed by atoms with van der Waals surface area (Å²) in [6.07, 6.45) is 4.85. The molecule has 1 N–H and O–H groups in total. The Morgan fingerprint density at radius 3 is 2.40 bits per heavy atom. The molecule has 0 bridgehead atoms. The Labute approximate surface area is 143 Å². The van der Waals surface area contributed by atoms with Crippen molar-refractivity contribution in [2.45, 2.75) is 13.8 Å². The number of anilines is 1. The number of aromatic nitrogens is 2. The van der Waals surface area contributed by atoms with Crippen LogP contribution in [0, 0.1) is 13.8 Å². The van der Waals surface area contributed by atoms with Gasteiger partial charge in [0.05, 0.1) is 23.8 Å². The summed E-state index contributed by atoms with van der Waals surface area (Å²) in [5.74, 6) is 0.694. The van der Waals surface area contributed by atoms with E-state index in [0.29, 0.717) is 28.7 Å². The predicted octanol–water partition coefficient (Wildman–Crippen LogP) is 3.59. The first-order chi connectivity index (χ1) is 12.1. The van der Waals surface area contributed by atoms with Crippen LogP contribution in [0.25, 0.3) is 0 Å². The summed E-state index contributed by atoms with van der Waals surface area (Å²) in [7, 11) is 0. The van der Waals surface area contributed by atoms with Crippen LogP contribution in [0.15, 0.2) is 62.5 Å². The molecule has 2 aromatic heterocycles. The summed E-state index contributed by atoms with van der Waals surface area (Å²) < 4.78 is 10.3. The topological polar surface area (TPSA) is 93.5 Å². The van der Waals surface area contributed by atoms with E-state index >= 15 is 0 Å². The molecule has 124 valence electrons. The molecule has 0 fully saturated rings. The second-order valence-corrected chi connectivity index (χ2v) is 5.71. The molecular weight excluding hydrogens is 320 g/mol. The second kappa shape index (κ2) is 5.86. The van der Waals surface area contributed by atoms with Crippen molar-refractivity contribution in [2.75, 3.05) is 5.32 Å². The smallest absolute Gasteiger partial charge is 0.253 e. The van der Waals surface area contributed by atoms with E-state index in [1.54, 1.807) is 24.5 Å². The number of Topliss-reactive ketones (excluding diaryl/α,β-unsaturated/α-hetero) is 1. The number of hydrogen-bond acceptors (Lipinski definition) is 7. The zero-order valence-corrected chi connectivity index (χ0v) is 13.6. The number of aliphatic imine (C=N–C) groups is 1. The SMILES string of the molecule is Cc1cnoc1/N=C1\C=C(Nc2oncc2C)C(=O)c2ccccc21. The third-order valence-electron chi connectivity index (χ3n) is 3.91. The highest BCUT2D eigenvalue weighted by Crippen LogP contribution is 2.27. The van der Waals surface area contributed by atoms with Gasteiger partial charge < -0.3 is 14.4 Å². The summed E-state index contributed by atoms with van der Waals surface area (Å²) in [4.78, 5) is 17.3. The van der Waals surface area contributed by atoms with E-state index in [9.17, 15) is 4.79 Å². The lowest BCUT2D eigenvalue weighted by Crippen LogP contribution is -2.22. The third-order valence-corrected chi connectivity index (χ3v) is 3.91. The molecule has 1 aromatic carbocycles. The van der Waals surface area contributed by atoms with Crippen LogP contribution < -0.4 is 5.32 Å². The minimum absolute atomic E-state index is 0.139. The maximum absolute atomic E-state index is 12.8. The van der Waals surface area contributed by atoms with E-state index in [1.807, 2.05) is 32.0 Å². The molecule has 2 heterocycles. The maximum Gasteiger partial charge on any atom is 0.253 e. The molecule has 0 aliphatic heterocycles. The van der Waals surface area contributed by atoms with Gasteiger partial charge in [0.15, 0.2) is 0 Å². The number of hydrogen-bond donors (Lipinski definition) is 1. The Bertz CT molecular complexity index is 1030. The van der Waals surface area contributed by atoms with Crippen molar-refractivity contribution < 1.29 is 13.8 Å². The molecule has 0 amide bonds. The number of aryl methyl sites for hydroxylation is 2. The van der Waals surface area contributed by atoms with Gasteiger partial charge in [-0.2, -0.15) is 0 Å². The number of carbonyl (C=O) groups excluding carboxylic acids is 1. The predicted molar refractivity (Wildman–Crippen MR) is 91.2 cm³/mol. The number of ketones is 1. The van der Waals surface area contributed by atoms with E-state index in [-0.39, 0.29) is 5.78 Å². The lowest BCUT2D eigenvalue weighted by atomic mass is 9.92. The molecule has 0 saturated carbocycles. The molecule has 0 saturated heterocycles. The lowest BCUT2D eigenvalue weighted by molar-refractivity contribution is 0.103. The fourth-order valence-corrected chi connectivity index (χ4v) is 2.55. The van der Waals surface area contributed by atoms with Crippen LogP contribution in [0.3, 0.4) is 0 Å². The number of fused-ring (bicyclic) bond motifs is 1. The molecule has 0 radical (unpaired) electrons. The van der Waals surface area contributed by atoms with Gasteiger partial charge in [0.2, 0.25) is 11.7 Å². The highest BCUT2D eigenvalue weighted by atomic mass is 16.5. The van der Waals surface area contributed by atoms with Crippen LogP contribution in [0.4, 0.5) is 11.8 Å². The Kier molecular flexibility index (Phi) is 3.53. The molecule has 7 nitrogen and oxygen atoms in total. The zero-order chi connectivity index (χ0) is 17.4. The van der Waals surface area contributed by atoms with Crippen molar-refractivity contribution in [2.24, 2.45) is 4.99 Å². The summed E-state index contributed by atoms with van der Waals surface area (Å²) in [6, 6.07) is 7.30. The van der Waals surface area contributed by atoms with Crippen molar-refractivity contribution >= 4 is 23.3 Å². The van der Waals surface area contributed by atoms with E-state index in [1.165, 1.54) is 0 Å². The van der Waals surface area contributed by atoms with Crippen molar-refractivity contribution in [1.82, 2.24) is 10.3 Å². The highest BCUT2D eigenvalue weighted by Gasteiger charge is 2.25. The molecule has 1 aliphatic carbocycles. The monoisotopic (exact) mass is 334 g/mol. The van der Waals surface area contributed by atoms with Crippen molar-refractivity contribution in [3.63, 3.8) is 0 Å². The second-order valence-electron chi connectivity index (χ2n) is 5.71. The van der Waals surface area contributed by atoms with E-state index in [2.05, 4.69) is 20.6 Å². The van der Waals surface area contributed by atoms with Gasteiger partial charge in [-0.15, -0.1) is 0 Å². The van der Waals surface area contributed by atoms with Crippen LogP contribution in [0.5, 0.6) is 0 Å². The van der Waals surface area contributed by atoms with E-state index in [0.717, 1.165) is 16.7 Å². The minimum atomic E-state index is -0.139. The molecule has 0 spiro atoms. The Morgan fingerprint density at radius 2 is 1.72 bits per heavy atom. The molecule has 7 heteroatoms. The van der Waals surface area contributed by atoms with E-state index < -0.39 is 0 Å². The Morgan fingerprint density at radius 1 is 1.00 bits per heavy atom. The van der Waals surface area contributed by atoms with Gasteiger partial charge in [0.1, 0.15) is 0 Å². The number of allylic oxidation sites excluding steroid dienone is 2. The standard InChI is InChI=1S/C18H14N4O3/c1-10-8-19-24-17(10)21-14-7-15(22-18-11(2)9-20-25-18)16(23)13-6-4-3-5-12(13)14/h3-9,22H,1-2H3/b21-14+. The molecule has 0 atom stereocenters. The average Bonchev–Trinajstić information content (AvgIpc) is 3.21. The van der Waals surface area contributed by atoms with Crippen LogP contribution in [0.1, 0.15) is 27.0 Å². The van der Waals surface area contributed by atoms with Gasteiger partial charge in [0.25, 0.3) is 5.88 Å². The average molecular weight is 334 g/mol. The van der Waals surface area contributed by atoms with Crippen LogP contribution in [-0.2, 0) is 0 Å². The third kappa shape index (κ3) is 2.65. The molecular formula is C18H14N4O3. The van der Waals surface area contributed by atoms with E-state index in [4.69, 9.17) is 9.05 Å². The number of rotatable bonds is 3. The number of benzene rings is 1. The number of nitrogens with zero attached hydrogens (tertiary/aromatic N) is 3. The summed E-state index contributed by atoms with van der Waals surface area (Å²) in [5, 5.41) is 10.5. The highest BCUT2D eigenvalue weighted by molar-refractivity contribution is 6.27. The van der Waals surface area contributed by atoms with Crippen molar-refractivity contribution in [3.8, 4) is 0 Å². The maximum atomic E-state index is 12.8. The fourth-order valence-electron chi connectivity index (χ4n) is 2.55. The van der Waals surface area contributed by atoms with Crippen LogP contribution in [-0.4, -0.2) is 21.8 Å². The Hall–Kier alpha value is -3.48. The summed E-state index contributed by atoms with van der Waals surface area (Å²) in [5.41, 5.74) is 3.88. The first-order valence-electron chi connectivity index (χ1n) is 7.67. The van der Waals surface area contributed by atoms with Crippen LogP contribution in [0.2, 0.25) is 0 Å². The van der Waals surface area contributed by atoms with Gasteiger partial charge in [-0.25, -0.2) is 4.99 Å². The Balaban J connectivity index is 1.83. The van der Waals surface area contributed by atoms with Crippen LogP contribution >= 0.6 is 0 Å². The van der Waals surface area contributed by atoms with Crippen molar-refractivity contribution in [1.29, 1.82) is 0 Å². The van der Waals surface area contributed by atoms with Gasteiger partial charge in [-0.3, -0.25) is 4.79 Å². The van der Waals surface area contributed by atoms with Gasteiger partial charge in [-0.1, -0.05) is 34.6 Å². The normalized spacial score (nSPS) is 15.2. The lowest BCUT2D eigenvalue weighted by Gasteiger charge is -2.17. The first-order valence-corrected chi connectivity index (χ1v) is 7.67. The van der Waals surface area contributed by atoms with Crippen molar-refractivity contribution in [3.05, 3.63) is 70.7 Å². The number of carbonyl (C=O) groups is 1. The van der Waals surface area contributed by atoms with Gasteiger partial charge >= 0.3 is 0 Å². The van der Waals surface area contributed by atoms with Gasteiger partial charge in [0, 0.05) is 22.3 Å². The minimum Gasteiger partial charge on any atom is -0.338 e.